The van der Waals surface area contributed by atoms with Gasteiger partial charge in [0.05, 0.1) is 0 Å². The maximum absolute atomic E-state index is 12.7. The summed E-state index contributed by atoms with van der Waals surface area (Å²) in [6.45, 7) is 6.49. The lowest BCUT2D eigenvalue weighted by atomic mass is 10.1. The van der Waals surface area contributed by atoms with Gasteiger partial charge >= 0.3 is 6.03 Å². The highest BCUT2D eigenvalue weighted by Gasteiger charge is 2.31. The van der Waals surface area contributed by atoms with E-state index in [-0.39, 0.29) is 11.9 Å². The van der Waals surface area contributed by atoms with Crippen LogP contribution in [0.1, 0.15) is 37.1 Å². The van der Waals surface area contributed by atoms with Crippen molar-refractivity contribution in [3.05, 3.63) is 54.0 Å². The fraction of sp³-hybridized carbons (Fsp3) is 0.381. The molecule has 1 saturated heterocycles. The van der Waals surface area contributed by atoms with Crippen LogP contribution in [0.25, 0.3) is 11.2 Å². The maximum Gasteiger partial charge on any atom is 0.321 e. The van der Waals surface area contributed by atoms with Gasteiger partial charge in [-0.1, -0.05) is 25.1 Å². The van der Waals surface area contributed by atoms with Crippen LogP contribution in [-0.2, 0) is 6.54 Å². The van der Waals surface area contributed by atoms with Gasteiger partial charge in [-0.2, -0.15) is 0 Å². The average Bonchev–Trinajstić information content (AvgIpc) is 3.29. The summed E-state index contributed by atoms with van der Waals surface area (Å²) < 4.78 is 2.22. The van der Waals surface area contributed by atoms with Gasteiger partial charge in [0, 0.05) is 37.4 Å². The van der Waals surface area contributed by atoms with Crippen molar-refractivity contribution in [2.24, 2.45) is 0 Å². The van der Waals surface area contributed by atoms with E-state index in [1.165, 1.54) is 0 Å². The minimum absolute atomic E-state index is 0.0388. The van der Waals surface area contributed by atoms with E-state index >= 15 is 0 Å². The van der Waals surface area contributed by atoms with E-state index in [2.05, 4.69) is 21.8 Å². The second-order valence-electron chi connectivity index (χ2n) is 7.14. The number of aromatic nitrogens is 3. The number of likely N-dealkylation sites (tertiary alicyclic amines) is 1. The first-order chi connectivity index (χ1) is 13.2. The number of nitrogens with one attached hydrogen (secondary N) is 1. The summed E-state index contributed by atoms with van der Waals surface area (Å²) in [5, 5.41) is 3.04. The number of carbonyl (C=O) groups excluding carboxylic acids is 1. The molecule has 6 heteroatoms. The van der Waals surface area contributed by atoms with Gasteiger partial charge in [0.15, 0.2) is 5.65 Å². The first-order valence-electron chi connectivity index (χ1n) is 9.60. The highest BCUT2D eigenvalue weighted by atomic mass is 16.2. The number of fused-ring (bicyclic) bond motifs is 1. The Morgan fingerprint density at radius 2 is 2.11 bits per heavy atom. The molecule has 1 atom stereocenters. The largest absolute Gasteiger partial charge is 0.324 e. The van der Waals surface area contributed by atoms with E-state index < -0.39 is 0 Å². The Balaban J connectivity index is 1.53. The monoisotopic (exact) mass is 363 g/mol. The predicted octanol–water partition coefficient (Wildman–Crippen LogP) is 4.17. The van der Waals surface area contributed by atoms with E-state index in [1.54, 1.807) is 0 Å². The number of aryl methyl sites for hydroxylation is 2. The van der Waals surface area contributed by atoms with Crippen LogP contribution in [0, 0.1) is 6.92 Å². The number of urea groups is 1. The lowest BCUT2D eigenvalue weighted by Gasteiger charge is -2.18. The van der Waals surface area contributed by atoms with Crippen LogP contribution in [0.3, 0.4) is 0 Å². The zero-order valence-electron chi connectivity index (χ0n) is 15.9. The summed E-state index contributed by atoms with van der Waals surface area (Å²) >= 11 is 0. The first-order valence-corrected chi connectivity index (χ1v) is 9.60. The van der Waals surface area contributed by atoms with Crippen LogP contribution in [0.2, 0.25) is 0 Å². The molecule has 3 heterocycles. The van der Waals surface area contributed by atoms with Gasteiger partial charge in [-0.05, 0) is 43.5 Å². The number of para-hydroxylation sites is 1. The zero-order chi connectivity index (χ0) is 18.8. The Labute approximate surface area is 159 Å². The fourth-order valence-corrected chi connectivity index (χ4v) is 3.79. The molecular formula is C21H25N5O. The van der Waals surface area contributed by atoms with Gasteiger partial charge in [-0.25, -0.2) is 14.8 Å². The quantitative estimate of drug-likeness (QED) is 0.757. The number of anilines is 1. The summed E-state index contributed by atoms with van der Waals surface area (Å²) in [7, 11) is 0. The summed E-state index contributed by atoms with van der Waals surface area (Å²) in [6.07, 6.45) is 3.77. The standard InChI is InChI=1S/C21H25N5O/c1-3-12-26-19(23-18-9-6-11-22-20(18)26)16-10-13-25(14-16)21(27)24-17-8-5-4-7-15(17)2/h4-9,11,16H,3,10,12-14H2,1-2H3,(H,24,27). The molecule has 2 amide bonds. The zero-order valence-corrected chi connectivity index (χ0v) is 15.9. The van der Waals surface area contributed by atoms with Crippen molar-refractivity contribution >= 4 is 22.9 Å². The van der Waals surface area contributed by atoms with Crippen LogP contribution in [0.5, 0.6) is 0 Å². The van der Waals surface area contributed by atoms with Crippen LogP contribution < -0.4 is 5.32 Å². The molecule has 1 fully saturated rings. The Morgan fingerprint density at radius 1 is 1.26 bits per heavy atom. The average molecular weight is 363 g/mol. The van der Waals surface area contributed by atoms with E-state index in [0.717, 1.165) is 54.2 Å². The van der Waals surface area contributed by atoms with E-state index in [4.69, 9.17) is 4.98 Å². The lowest BCUT2D eigenvalue weighted by Crippen LogP contribution is -2.33. The molecule has 140 valence electrons. The van der Waals surface area contributed by atoms with Crippen molar-refractivity contribution in [1.29, 1.82) is 0 Å². The second-order valence-corrected chi connectivity index (χ2v) is 7.14. The molecule has 1 aromatic carbocycles. The Kier molecular flexibility index (Phi) is 4.79. The number of hydrogen-bond donors (Lipinski definition) is 1. The minimum atomic E-state index is -0.0388. The van der Waals surface area contributed by atoms with Crippen molar-refractivity contribution in [3.63, 3.8) is 0 Å². The molecule has 0 saturated carbocycles. The molecule has 2 aromatic heterocycles. The molecule has 0 bridgehead atoms. The van der Waals surface area contributed by atoms with E-state index in [0.29, 0.717) is 6.54 Å². The molecule has 1 unspecified atom stereocenters. The van der Waals surface area contributed by atoms with Gasteiger partial charge < -0.3 is 14.8 Å². The smallest absolute Gasteiger partial charge is 0.321 e. The number of hydrogen-bond acceptors (Lipinski definition) is 3. The number of pyridine rings is 1. The van der Waals surface area contributed by atoms with Gasteiger partial charge in [-0.15, -0.1) is 0 Å². The van der Waals surface area contributed by atoms with Crippen LogP contribution >= 0.6 is 0 Å². The van der Waals surface area contributed by atoms with Crippen LogP contribution in [0.15, 0.2) is 42.6 Å². The van der Waals surface area contributed by atoms with Crippen LogP contribution in [-0.4, -0.2) is 38.6 Å². The van der Waals surface area contributed by atoms with Gasteiger partial charge in [0.2, 0.25) is 0 Å². The maximum atomic E-state index is 12.7. The summed E-state index contributed by atoms with van der Waals surface area (Å²) in [5.41, 5.74) is 3.81. The second kappa shape index (κ2) is 7.39. The van der Waals surface area contributed by atoms with Crippen molar-refractivity contribution in [2.45, 2.75) is 39.2 Å². The molecule has 3 aromatic rings. The Bertz CT molecular complexity index is 964. The Morgan fingerprint density at radius 3 is 2.93 bits per heavy atom. The van der Waals surface area contributed by atoms with Crippen LogP contribution in [0.4, 0.5) is 10.5 Å². The Hall–Kier alpha value is -2.89. The highest BCUT2D eigenvalue weighted by Crippen LogP contribution is 2.29. The van der Waals surface area contributed by atoms with Gasteiger partial charge in [-0.3, -0.25) is 0 Å². The molecule has 0 spiro atoms. The number of rotatable bonds is 4. The molecule has 0 aliphatic carbocycles. The molecule has 4 rings (SSSR count). The summed E-state index contributed by atoms with van der Waals surface area (Å²) in [4.78, 5) is 24.0. The third-order valence-electron chi connectivity index (χ3n) is 5.21. The minimum Gasteiger partial charge on any atom is -0.324 e. The predicted molar refractivity (Wildman–Crippen MR) is 107 cm³/mol. The SMILES string of the molecule is CCCn1c(C2CCN(C(=O)Nc3ccccc3C)C2)nc2cccnc21. The summed E-state index contributed by atoms with van der Waals surface area (Å²) in [6, 6.07) is 11.7. The van der Waals surface area contributed by atoms with E-state index in [1.807, 2.05) is 54.4 Å². The number of benzene rings is 1. The van der Waals surface area contributed by atoms with Crippen molar-refractivity contribution in [1.82, 2.24) is 19.4 Å². The van der Waals surface area contributed by atoms with Crippen molar-refractivity contribution < 1.29 is 4.79 Å². The third kappa shape index (κ3) is 3.39. The van der Waals surface area contributed by atoms with E-state index in [9.17, 15) is 4.79 Å². The van der Waals surface area contributed by atoms with Gasteiger partial charge in [0.25, 0.3) is 0 Å². The summed E-state index contributed by atoms with van der Waals surface area (Å²) in [5.74, 6) is 1.30. The first kappa shape index (κ1) is 17.5. The molecule has 0 radical (unpaired) electrons. The van der Waals surface area contributed by atoms with Crippen molar-refractivity contribution in [3.8, 4) is 0 Å². The number of nitrogens with zero attached hydrogens (tertiary/aromatic N) is 4. The normalized spacial score (nSPS) is 16.8. The third-order valence-corrected chi connectivity index (χ3v) is 5.21. The topological polar surface area (TPSA) is 63.1 Å². The fourth-order valence-electron chi connectivity index (χ4n) is 3.79. The lowest BCUT2D eigenvalue weighted by molar-refractivity contribution is 0.222. The number of imidazole rings is 1. The van der Waals surface area contributed by atoms with Crippen molar-refractivity contribution in [2.75, 3.05) is 18.4 Å². The number of carbonyl (C=O) groups is 1. The molecule has 1 N–H and O–H groups in total. The molecular weight excluding hydrogens is 338 g/mol. The molecule has 1 aliphatic rings. The molecule has 1 aliphatic heterocycles. The van der Waals surface area contributed by atoms with Gasteiger partial charge in [0.1, 0.15) is 11.3 Å². The number of amides is 2. The highest BCUT2D eigenvalue weighted by molar-refractivity contribution is 5.90. The molecule has 27 heavy (non-hydrogen) atoms. The molecule has 6 nitrogen and oxygen atoms in total.